The van der Waals surface area contributed by atoms with Gasteiger partial charge in [0.1, 0.15) is 5.75 Å². The lowest BCUT2D eigenvalue weighted by atomic mass is 10.00. The molecule has 0 aliphatic heterocycles. The highest BCUT2D eigenvalue weighted by molar-refractivity contribution is 7.85. The number of hydrogen-bond acceptors (Lipinski definition) is 4. The van der Waals surface area contributed by atoms with Gasteiger partial charge >= 0.3 is 0 Å². The topological polar surface area (TPSA) is 76.5 Å². The average molecular weight is 329 g/mol. The molecule has 0 bridgehead atoms. The Kier molecular flexibility index (Phi) is 3.79. The average Bonchev–Trinajstić information content (AvgIpc) is 2.53. The van der Waals surface area contributed by atoms with Crippen LogP contribution in [0.4, 0.5) is 0 Å². The molecule has 0 unspecified atom stereocenters. The Morgan fingerprint density at radius 3 is 2.57 bits per heavy atom. The molecular weight excluding hydrogens is 314 g/mol. The van der Waals surface area contributed by atoms with E-state index in [0.717, 1.165) is 28.0 Å². The summed E-state index contributed by atoms with van der Waals surface area (Å²) in [5, 5.41) is 1.49. The van der Waals surface area contributed by atoms with Crippen molar-refractivity contribution in [1.82, 2.24) is 4.98 Å². The number of aryl methyl sites for hydroxylation is 1. The zero-order valence-electron chi connectivity index (χ0n) is 12.6. The van der Waals surface area contributed by atoms with E-state index < -0.39 is 10.1 Å². The molecule has 0 aliphatic carbocycles. The van der Waals surface area contributed by atoms with Crippen molar-refractivity contribution in [2.45, 2.75) is 11.8 Å². The van der Waals surface area contributed by atoms with Crippen molar-refractivity contribution >= 4 is 20.9 Å². The molecule has 3 aromatic rings. The van der Waals surface area contributed by atoms with Gasteiger partial charge in [0.25, 0.3) is 10.1 Å². The van der Waals surface area contributed by atoms with E-state index in [9.17, 15) is 13.0 Å². The third-order valence-electron chi connectivity index (χ3n) is 3.73. The van der Waals surface area contributed by atoms with Crippen LogP contribution in [0.15, 0.2) is 53.6 Å². The van der Waals surface area contributed by atoms with E-state index in [1.54, 1.807) is 25.4 Å². The number of benzene rings is 2. The maximum absolute atomic E-state index is 11.3. The summed E-state index contributed by atoms with van der Waals surface area (Å²) in [6.45, 7) is 1.97. The van der Waals surface area contributed by atoms with Crippen molar-refractivity contribution in [3.8, 4) is 17.0 Å². The molecule has 0 saturated heterocycles. The van der Waals surface area contributed by atoms with Crippen LogP contribution in [0, 0.1) is 6.92 Å². The molecular formula is C17H15NO4S. The van der Waals surface area contributed by atoms with Crippen LogP contribution in [0.3, 0.4) is 0 Å². The number of ether oxygens (including phenoxy) is 1. The standard InChI is InChI=1S/C17H15NO4S/c1-11-3-4-13(22-2)10-16(11)17-15-6-5-14(23(19,20)21)9-12(15)7-8-18-17/h3-10H,1-2H3,(H,19,20,21). The van der Waals surface area contributed by atoms with E-state index in [1.807, 2.05) is 25.1 Å². The molecule has 0 radical (unpaired) electrons. The van der Waals surface area contributed by atoms with E-state index in [0.29, 0.717) is 5.39 Å². The Morgan fingerprint density at radius 2 is 1.87 bits per heavy atom. The minimum atomic E-state index is -4.23. The summed E-state index contributed by atoms with van der Waals surface area (Å²) in [7, 11) is -2.63. The predicted octanol–water partition coefficient (Wildman–Crippen LogP) is 3.47. The molecule has 3 rings (SSSR count). The highest BCUT2D eigenvalue weighted by Crippen LogP contribution is 2.32. The molecule has 23 heavy (non-hydrogen) atoms. The first-order chi connectivity index (χ1) is 10.9. The van der Waals surface area contributed by atoms with E-state index >= 15 is 0 Å². The fourth-order valence-electron chi connectivity index (χ4n) is 2.51. The monoisotopic (exact) mass is 329 g/mol. The zero-order chi connectivity index (χ0) is 16.6. The summed E-state index contributed by atoms with van der Waals surface area (Å²) in [6.07, 6.45) is 1.62. The minimum absolute atomic E-state index is 0.135. The molecule has 6 heteroatoms. The van der Waals surface area contributed by atoms with E-state index in [1.165, 1.54) is 12.1 Å². The van der Waals surface area contributed by atoms with Gasteiger partial charge in [-0.05, 0) is 48.2 Å². The van der Waals surface area contributed by atoms with Crippen LogP contribution in [0.5, 0.6) is 5.75 Å². The van der Waals surface area contributed by atoms with Gasteiger partial charge in [-0.3, -0.25) is 9.54 Å². The lowest BCUT2D eigenvalue weighted by molar-refractivity contribution is 0.415. The first-order valence-corrected chi connectivity index (χ1v) is 8.35. The molecule has 1 aromatic heterocycles. The Labute approximate surface area is 134 Å². The Morgan fingerprint density at radius 1 is 1.09 bits per heavy atom. The first-order valence-electron chi connectivity index (χ1n) is 6.91. The van der Waals surface area contributed by atoms with Crippen molar-refractivity contribution in [3.05, 3.63) is 54.2 Å². The fourth-order valence-corrected chi connectivity index (χ4v) is 3.03. The van der Waals surface area contributed by atoms with E-state index in [-0.39, 0.29) is 4.90 Å². The van der Waals surface area contributed by atoms with Gasteiger partial charge in [-0.1, -0.05) is 12.1 Å². The summed E-state index contributed by atoms with van der Waals surface area (Å²) in [5.74, 6) is 0.721. The second kappa shape index (κ2) is 5.64. The number of pyridine rings is 1. The SMILES string of the molecule is COc1ccc(C)c(-c2nccc3cc(S(=O)(=O)O)ccc23)c1. The molecule has 0 aliphatic rings. The van der Waals surface area contributed by atoms with Gasteiger partial charge in [-0.25, -0.2) is 0 Å². The third kappa shape index (κ3) is 2.91. The predicted molar refractivity (Wildman–Crippen MR) is 88.3 cm³/mol. The normalized spacial score (nSPS) is 11.6. The van der Waals surface area contributed by atoms with Crippen LogP contribution in [-0.4, -0.2) is 25.1 Å². The number of fused-ring (bicyclic) bond motifs is 1. The Bertz CT molecular complexity index is 997. The highest BCUT2D eigenvalue weighted by atomic mass is 32.2. The number of nitrogens with zero attached hydrogens (tertiary/aromatic N) is 1. The number of methoxy groups -OCH3 is 1. The summed E-state index contributed by atoms with van der Waals surface area (Å²) >= 11 is 0. The van der Waals surface area contributed by atoms with Crippen molar-refractivity contribution in [3.63, 3.8) is 0 Å². The number of rotatable bonds is 3. The molecule has 5 nitrogen and oxygen atoms in total. The third-order valence-corrected chi connectivity index (χ3v) is 4.58. The maximum atomic E-state index is 11.3. The van der Waals surface area contributed by atoms with Gasteiger partial charge in [0.05, 0.1) is 17.7 Å². The second-order valence-corrected chi connectivity index (χ2v) is 6.62. The van der Waals surface area contributed by atoms with Crippen molar-refractivity contribution < 1.29 is 17.7 Å². The van der Waals surface area contributed by atoms with Gasteiger partial charge in [-0.15, -0.1) is 0 Å². The number of aromatic nitrogens is 1. The van der Waals surface area contributed by atoms with Crippen molar-refractivity contribution in [1.29, 1.82) is 0 Å². The lowest BCUT2D eigenvalue weighted by Crippen LogP contribution is -1.98. The summed E-state index contributed by atoms with van der Waals surface area (Å²) < 4.78 is 37.0. The lowest BCUT2D eigenvalue weighted by Gasteiger charge is -2.11. The van der Waals surface area contributed by atoms with Gasteiger partial charge in [0.15, 0.2) is 0 Å². The van der Waals surface area contributed by atoms with E-state index in [4.69, 9.17) is 4.74 Å². The molecule has 118 valence electrons. The van der Waals surface area contributed by atoms with Gasteiger partial charge in [0.2, 0.25) is 0 Å². The molecule has 0 saturated carbocycles. The summed E-state index contributed by atoms with van der Waals surface area (Å²) in [5.41, 5.74) is 2.68. The number of hydrogen-bond donors (Lipinski definition) is 1. The molecule has 2 aromatic carbocycles. The maximum Gasteiger partial charge on any atom is 0.294 e. The summed E-state index contributed by atoms with van der Waals surface area (Å²) in [6, 6.07) is 11.9. The molecule has 1 heterocycles. The van der Waals surface area contributed by atoms with Crippen molar-refractivity contribution in [2.24, 2.45) is 0 Å². The zero-order valence-corrected chi connectivity index (χ0v) is 13.5. The van der Waals surface area contributed by atoms with Crippen LogP contribution in [0.2, 0.25) is 0 Å². The van der Waals surface area contributed by atoms with Gasteiger partial charge in [-0.2, -0.15) is 8.42 Å². The minimum Gasteiger partial charge on any atom is -0.497 e. The highest BCUT2D eigenvalue weighted by Gasteiger charge is 2.13. The summed E-state index contributed by atoms with van der Waals surface area (Å²) in [4.78, 5) is 4.30. The molecule has 0 amide bonds. The Hall–Kier alpha value is -2.44. The molecule has 0 spiro atoms. The van der Waals surface area contributed by atoms with Gasteiger partial charge in [0, 0.05) is 17.1 Å². The van der Waals surface area contributed by atoms with Crippen LogP contribution in [-0.2, 0) is 10.1 Å². The van der Waals surface area contributed by atoms with Crippen LogP contribution in [0.1, 0.15) is 5.56 Å². The molecule has 1 N–H and O–H groups in total. The molecule has 0 atom stereocenters. The van der Waals surface area contributed by atoms with Crippen LogP contribution < -0.4 is 4.74 Å². The smallest absolute Gasteiger partial charge is 0.294 e. The first kappa shape index (κ1) is 15.5. The van der Waals surface area contributed by atoms with Crippen LogP contribution >= 0.6 is 0 Å². The fraction of sp³-hybridized carbons (Fsp3) is 0.118. The van der Waals surface area contributed by atoms with Crippen LogP contribution in [0.25, 0.3) is 22.0 Å². The van der Waals surface area contributed by atoms with Crippen molar-refractivity contribution in [2.75, 3.05) is 7.11 Å². The largest absolute Gasteiger partial charge is 0.497 e. The quantitative estimate of drug-likeness (QED) is 0.745. The van der Waals surface area contributed by atoms with Gasteiger partial charge < -0.3 is 4.74 Å². The Balaban J connectivity index is 2.27. The second-order valence-electron chi connectivity index (χ2n) is 5.20. The van der Waals surface area contributed by atoms with E-state index in [2.05, 4.69) is 4.98 Å². The molecule has 0 fully saturated rings.